The van der Waals surface area contributed by atoms with E-state index in [0.717, 1.165) is 5.92 Å². The lowest BCUT2D eigenvalue weighted by molar-refractivity contribution is 0.262. The van der Waals surface area contributed by atoms with Crippen molar-refractivity contribution in [2.45, 2.75) is 63.8 Å². The lowest BCUT2D eigenvalue weighted by atomic mass is 9.72. The number of hydrogen-bond donors (Lipinski definition) is 1. The van der Waals surface area contributed by atoms with Gasteiger partial charge in [-0.3, -0.25) is 0 Å². The van der Waals surface area contributed by atoms with Crippen molar-refractivity contribution >= 4 is 0 Å². The highest BCUT2D eigenvalue weighted by Crippen LogP contribution is 2.48. The highest BCUT2D eigenvalue weighted by atomic mass is 14.7. The van der Waals surface area contributed by atoms with E-state index in [9.17, 15) is 0 Å². The smallest absolute Gasteiger partial charge is 0.0352 e. The molecule has 1 heteroatoms. The van der Waals surface area contributed by atoms with Crippen LogP contribution in [-0.2, 0) is 0 Å². The summed E-state index contributed by atoms with van der Waals surface area (Å²) in [7, 11) is 0. The third kappa shape index (κ3) is 1.99. The zero-order chi connectivity index (χ0) is 12.6. The standard InChI is InChI=1S/C17H25N/c1-17(11-4-5-12-17)16(18)15-10-3-2-9-14(15)13-7-6-8-13/h2-3,9-10,13,16H,4-8,11-12,18H2,1H3. The van der Waals surface area contributed by atoms with Crippen molar-refractivity contribution in [1.82, 2.24) is 0 Å². The van der Waals surface area contributed by atoms with E-state index < -0.39 is 0 Å². The topological polar surface area (TPSA) is 26.0 Å². The molecule has 0 radical (unpaired) electrons. The van der Waals surface area contributed by atoms with Crippen molar-refractivity contribution in [1.29, 1.82) is 0 Å². The molecule has 98 valence electrons. The third-order valence-electron chi connectivity index (χ3n) is 5.37. The fourth-order valence-electron chi connectivity index (χ4n) is 3.75. The third-order valence-corrected chi connectivity index (χ3v) is 5.37. The van der Waals surface area contributed by atoms with Crippen molar-refractivity contribution in [2.24, 2.45) is 11.1 Å². The zero-order valence-electron chi connectivity index (χ0n) is 11.5. The Morgan fingerprint density at radius 3 is 2.39 bits per heavy atom. The van der Waals surface area contributed by atoms with E-state index in [-0.39, 0.29) is 6.04 Å². The highest BCUT2D eigenvalue weighted by molar-refractivity contribution is 5.35. The monoisotopic (exact) mass is 243 g/mol. The first-order valence-electron chi connectivity index (χ1n) is 7.55. The summed E-state index contributed by atoms with van der Waals surface area (Å²) in [4.78, 5) is 0. The van der Waals surface area contributed by atoms with Crippen LogP contribution in [0, 0.1) is 5.41 Å². The first-order chi connectivity index (χ1) is 8.71. The molecule has 0 heterocycles. The Kier molecular flexibility index (Phi) is 3.19. The zero-order valence-corrected chi connectivity index (χ0v) is 11.5. The van der Waals surface area contributed by atoms with Crippen molar-refractivity contribution in [2.75, 3.05) is 0 Å². The fraction of sp³-hybridized carbons (Fsp3) is 0.647. The van der Waals surface area contributed by atoms with Crippen LogP contribution in [0.2, 0.25) is 0 Å². The second kappa shape index (κ2) is 4.70. The van der Waals surface area contributed by atoms with Crippen LogP contribution < -0.4 is 5.73 Å². The molecule has 0 aromatic heterocycles. The summed E-state index contributed by atoms with van der Waals surface area (Å²) in [6.45, 7) is 2.39. The predicted octanol–water partition coefficient (Wildman–Crippen LogP) is 4.53. The molecule has 18 heavy (non-hydrogen) atoms. The number of hydrogen-bond acceptors (Lipinski definition) is 1. The summed E-state index contributed by atoms with van der Waals surface area (Å²) in [5.41, 5.74) is 9.97. The van der Waals surface area contributed by atoms with Crippen LogP contribution in [0.15, 0.2) is 24.3 Å². The molecule has 2 aliphatic carbocycles. The molecule has 1 aromatic carbocycles. The summed E-state index contributed by atoms with van der Waals surface area (Å²) < 4.78 is 0. The summed E-state index contributed by atoms with van der Waals surface area (Å²) >= 11 is 0. The van der Waals surface area contributed by atoms with E-state index in [1.807, 2.05) is 0 Å². The Hall–Kier alpha value is -0.820. The first kappa shape index (κ1) is 12.2. The lowest BCUT2D eigenvalue weighted by Gasteiger charge is -2.36. The average molecular weight is 243 g/mol. The number of benzene rings is 1. The van der Waals surface area contributed by atoms with E-state index in [1.165, 1.54) is 50.5 Å². The minimum atomic E-state index is 0.233. The van der Waals surface area contributed by atoms with Crippen LogP contribution in [0.1, 0.15) is 75.0 Å². The molecule has 2 aliphatic rings. The molecule has 0 bridgehead atoms. The maximum absolute atomic E-state index is 6.65. The van der Waals surface area contributed by atoms with Crippen LogP contribution in [0.3, 0.4) is 0 Å². The molecule has 0 spiro atoms. The minimum Gasteiger partial charge on any atom is -0.323 e. The van der Waals surface area contributed by atoms with Gasteiger partial charge in [0, 0.05) is 6.04 Å². The number of rotatable bonds is 3. The van der Waals surface area contributed by atoms with Gasteiger partial charge in [-0.05, 0) is 48.1 Å². The molecule has 0 saturated heterocycles. The van der Waals surface area contributed by atoms with Crippen LogP contribution >= 0.6 is 0 Å². The molecule has 2 saturated carbocycles. The normalized spacial score (nSPS) is 24.8. The molecule has 0 amide bonds. The molecule has 2 fully saturated rings. The molecule has 1 unspecified atom stereocenters. The van der Waals surface area contributed by atoms with Gasteiger partial charge in [-0.2, -0.15) is 0 Å². The molecular formula is C17H25N. The van der Waals surface area contributed by atoms with Crippen molar-refractivity contribution in [3.05, 3.63) is 35.4 Å². The largest absolute Gasteiger partial charge is 0.323 e. The Morgan fingerprint density at radius 1 is 1.11 bits per heavy atom. The van der Waals surface area contributed by atoms with Gasteiger partial charge in [0.2, 0.25) is 0 Å². The molecule has 1 aromatic rings. The van der Waals surface area contributed by atoms with Crippen LogP contribution in [0.5, 0.6) is 0 Å². The van der Waals surface area contributed by atoms with E-state index >= 15 is 0 Å². The summed E-state index contributed by atoms with van der Waals surface area (Å²) in [5.74, 6) is 0.789. The van der Waals surface area contributed by atoms with E-state index in [4.69, 9.17) is 5.73 Å². The summed E-state index contributed by atoms with van der Waals surface area (Å²) in [5, 5.41) is 0. The molecular weight excluding hydrogens is 218 g/mol. The van der Waals surface area contributed by atoms with Crippen LogP contribution in [-0.4, -0.2) is 0 Å². The van der Waals surface area contributed by atoms with Gasteiger partial charge in [-0.15, -0.1) is 0 Å². The van der Waals surface area contributed by atoms with E-state index in [0.29, 0.717) is 5.41 Å². The van der Waals surface area contributed by atoms with Crippen molar-refractivity contribution < 1.29 is 0 Å². The van der Waals surface area contributed by atoms with Gasteiger partial charge in [0.05, 0.1) is 0 Å². The van der Waals surface area contributed by atoms with Crippen LogP contribution in [0.25, 0.3) is 0 Å². The number of nitrogens with two attached hydrogens (primary N) is 1. The van der Waals surface area contributed by atoms with Gasteiger partial charge < -0.3 is 5.73 Å². The Morgan fingerprint density at radius 2 is 1.78 bits per heavy atom. The van der Waals surface area contributed by atoms with Crippen molar-refractivity contribution in [3.63, 3.8) is 0 Å². The molecule has 2 N–H and O–H groups in total. The molecule has 0 aliphatic heterocycles. The van der Waals surface area contributed by atoms with Gasteiger partial charge in [-0.25, -0.2) is 0 Å². The van der Waals surface area contributed by atoms with Gasteiger partial charge in [0.15, 0.2) is 0 Å². The predicted molar refractivity (Wildman–Crippen MR) is 76.5 cm³/mol. The quantitative estimate of drug-likeness (QED) is 0.829. The summed E-state index contributed by atoms with van der Waals surface area (Å²) in [6, 6.07) is 9.17. The van der Waals surface area contributed by atoms with E-state index in [1.54, 1.807) is 5.56 Å². The van der Waals surface area contributed by atoms with Gasteiger partial charge in [-0.1, -0.05) is 50.5 Å². The molecule has 1 atom stereocenters. The SMILES string of the molecule is CC1(C(N)c2ccccc2C2CCC2)CCCC1. The average Bonchev–Trinajstić information content (AvgIpc) is 2.75. The van der Waals surface area contributed by atoms with E-state index in [2.05, 4.69) is 31.2 Å². The van der Waals surface area contributed by atoms with Crippen molar-refractivity contribution in [3.8, 4) is 0 Å². The molecule has 1 nitrogen and oxygen atoms in total. The Balaban J connectivity index is 1.90. The first-order valence-corrected chi connectivity index (χ1v) is 7.55. The van der Waals surface area contributed by atoms with Gasteiger partial charge >= 0.3 is 0 Å². The maximum atomic E-state index is 6.65. The second-order valence-electron chi connectivity index (χ2n) is 6.60. The Labute approximate surface area is 111 Å². The maximum Gasteiger partial charge on any atom is 0.0352 e. The van der Waals surface area contributed by atoms with Crippen LogP contribution in [0.4, 0.5) is 0 Å². The fourth-order valence-corrected chi connectivity index (χ4v) is 3.75. The summed E-state index contributed by atoms with van der Waals surface area (Å²) in [6.07, 6.45) is 9.43. The molecule has 3 rings (SSSR count). The van der Waals surface area contributed by atoms with Gasteiger partial charge in [0.1, 0.15) is 0 Å². The minimum absolute atomic E-state index is 0.233. The highest BCUT2D eigenvalue weighted by Gasteiger charge is 2.37. The Bertz CT molecular complexity index is 413. The lowest BCUT2D eigenvalue weighted by Crippen LogP contribution is -2.31. The van der Waals surface area contributed by atoms with Gasteiger partial charge in [0.25, 0.3) is 0 Å². The second-order valence-corrected chi connectivity index (χ2v) is 6.60.